The molecule has 3 heterocycles. The van der Waals surface area contributed by atoms with Crippen molar-refractivity contribution in [3.63, 3.8) is 0 Å². The molecule has 10 heteroatoms. The molecule has 0 unspecified atom stereocenters. The van der Waals surface area contributed by atoms with Crippen molar-refractivity contribution < 1.29 is 17.6 Å². The number of hydrogen-bond donors (Lipinski definition) is 1. The van der Waals surface area contributed by atoms with Gasteiger partial charge in [-0.05, 0) is 68.7 Å². The molecular formula is C31H32F4N6. The first-order chi connectivity index (χ1) is 19.7. The van der Waals surface area contributed by atoms with E-state index < -0.39 is 17.6 Å². The molecule has 1 aliphatic heterocycles. The summed E-state index contributed by atoms with van der Waals surface area (Å²) in [7, 11) is 0. The molecule has 4 aromatic rings. The third-order valence-corrected chi connectivity index (χ3v) is 7.44. The van der Waals surface area contributed by atoms with E-state index in [-0.39, 0.29) is 6.04 Å². The number of alkyl halides is 3. The van der Waals surface area contributed by atoms with E-state index in [4.69, 9.17) is 4.98 Å². The lowest BCUT2D eigenvalue weighted by molar-refractivity contribution is -0.137. The van der Waals surface area contributed by atoms with Gasteiger partial charge in [-0.1, -0.05) is 24.3 Å². The summed E-state index contributed by atoms with van der Waals surface area (Å²) < 4.78 is 53.3. The number of benzene rings is 2. The third-order valence-electron chi connectivity index (χ3n) is 7.44. The van der Waals surface area contributed by atoms with Gasteiger partial charge in [0, 0.05) is 55.4 Å². The summed E-state index contributed by atoms with van der Waals surface area (Å²) in [6.45, 7) is 6.85. The maximum Gasteiger partial charge on any atom is 0.416 e. The summed E-state index contributed by atoms with van der Waals surface area (Å²) >= 11 is 0. The van der Waals surface area contributed by atoms with E-state index in [1.807, 2.05) is 24.3 Å². The standard InChI is InChI=1S/C31H32F4N6/c1-21(2)40-17-13-26(14-18-40)41(20-22-3-9-25(10-4-22)38-29-11-15-36-19-27(29)32)30-37-16-12-28(39-30)23-5-7-24(8-6-23)31(33,34)35/h3-12,15-16,19,21,26H,13-14,17-18,20H2,1-2H3,(H,36,38). The van der Waals surface area contributed by atoms with Gasteiger partial charge in [0.15, 0.2) is 5.82 Å². The zero-order chi connectivity index (χ0) is 29.0. The summed E-state index contributed by atoms with van der Waals surface area (Å²) in [4.78, 5) is 17.8. The first-order valence-electron chi connectivity index (χ1n) is 13.6. The summed E-state index contributed by atoms with van der Waals surface area (Å²) in [5.74, 6) is 0.104. The van der Waals surface area contributed by atoms with E-state index >= 15 is 0 Å². The first kappa shape index (κ1) is 28.5. The van der Waals surface area contributed by atoms with E-state index in [2.05, 4.69) is 38.9 Å². The van der Waals surface area contributed by atoms with Gasteiger partial charge in [-0.3, -0.25) is 4.98 Å². The van der Waals surface area contributed by atoms with Crippen LogP contribution in [0.5, 0.6) is 0 Å². The average Bonchev–Trinajstić information content (AvgIpc) is 2.98. The van der Waals surface area contributed by atoms with Crippen molar-refractivity contribution in [2.45, 2.75) is 51.5 Å². The Hall–Kier alpha value is -4.05. The van der Waals surface area contributed by atoms with Crippen LogP contribution in [0.15, 0.2) is 79.3 Å². The molecule has 1 N–H and O–H groups in total. The molecule has 41 heavy (non-hydrogen) atoms. The molecule has 6 nitrogen and oxygen atoms in total. The molecular weight excluding hydrogens is 532 g/mol. The Kier molecular flexibility index (Phi) is 8.49. The molecule has 0 spiro atoms. The number of aromatic nitrogens is 3. The highest BCUT2D eigenvalue weighted by atomic mass is 19.4. The maximum absolute atomic E-state index is 14.0. The predicted octanol–water partition coefficient (Wildman–Crippen LogP) is 7.32. The first-order valence-corrected chi connectivity index (χ1v) is 13.6. The van der Waals surface area contributed by atoms with Gasteiger partial charge in [0.1, 0.15) is 0 Å². The molecule has 0 aliphatic carbocycles. The largest absolute Gasteiger partial charge is 0.416 e. The van der Waals surface area contributed by atoms with Gasteiger partial charge in [0.2, 0.25) is 5.95 Å². The highest BCUT2D eigenvalue weighted by Crippen LogP contribution is 2.31. The van der Waals surface area contributed by atoms with E-state index in [1.54, 1.807) is 18.3 Å². The summed E-state index contributed by atoms with van der Waals surface area (Å²) in [5.41, 5.74) is 2.58. The lowest BCUT2D eigenvalue weighted by atomic mass is 10.0. The molecule has 1 saturated heterocycles. The Labute approximate surface area is 237 Å². The van der Waals surface area contributed by atoms with Crippen LogP contribution in [0.2, 0.25) is 0 Å². The van der Waals surface area contributed by atoms with Gasteiger partial charge in [-0.15, -0.1) is 0 Å². The molecule has 2 aromatic carbocycles. The summed E-state index contributed by atoms with van der Waals surface area (Å²) in [6, 6.07) is 16.7. The van der Waals surface area contributed by atoms with Crippen molar-refractivity contribution in [2.24, 2.45) is 0 Å². The van der Waals surface area contributed by atoms with Crippen LogP contribution < -0.4 is 10.2 Å². The second kappa shape index (κ2) is 12.2. The van der Waals surface area contributed by atoms with Crippen LogP contribution in [0.4, 0.5) is 34.9 Å². The number of pyridine rings is 1. The number of likely N-dealkylation sites (tertiary alicyclic amines) is 1. The average molecular weight is 565 g/mol. The quantitative estimate of drug-likeness (QED) is 0.226. The fraction of sp³-hybridized carbons (Fsp3) is 0.323. The van der Waals surface area contributed by atoms with Crippen LogP contribution in [0, 0.1) is 5.82 Å². The Bertz CT molecular complexity index is 1430. The second-order valence-corrected chi connectivity index (χ2v) is 10.5. The van der Waals surface area contributed by atoms with Crippen molar-refractivity contribution in [1.82, 2.24) is 19.9 Å². The molecule has 5 rings (SSSR count). The van der Waals surface area contributed by atoms with Crippen molar-refractivity contribution in [2.75, 3.05) is 23.3 Å². The highest BCUT2D eigenvalue weighted by molar-refractivity contribution is 5.62. The predicted molar refractivity (Wildman–Crippen MR) is 152 cm³/mol. The van der Waals surface area contributed by atoms with Gasteiger partial charge in [-0.2, -0.15) is 13.2 Å². The number of nitrogens with one attached hydrogen (secondary N) is 1. The second-order valence-electron chi connectivity index (χ2n) is 10.5. The zero-order valence-corrected chi connectivity index (χ0v) is 22.9. The molecule has 1 fully saturated rings. The third kappa shape index (κ3) is 7.00. The molecule has 0 bridgehead atoms. The Morgan fingerprint density at radius 2 is 1.66 bits per heavy atom. The molecule has 0 amide bonds. The van der Waals surface area contributed by atoms with Gasteiger partial charge in [0.25, 0.3) is 0 Å². The molecule has 0 atom stereocenters. The van der Waals surface area contributed by atoms with Crippen LogP contribution in [0.1, 0.15) is 37.8 Å². The SMILES string of the molecule is CC(C)N1CCC(N(Cc2ccc(Nc3ccncc3F)cc2)c2nccc(-c3ccc(C(F)(F)F)cc3)n2)CC1. The summed E-state index contributed by atoms with van der Waals surface area (Å²) in [5, 5.41) is 3.07. The van der Waals surface area contributed by atoms with Crippen molar-refractivity contribution in [1.29, 1.82) is 0 Å². The van der Waals surface area contributed by atoms with Gasteiger partial charge in [0.05, 0.1) is 23.1 Å². The lowest BCUT2D eigenvalue weighted by Crippen LogP contribution is -2.47. The van der Waals surface area contributed by atoms with E-state index in [9.17, 15) is 17.6 Å². The fourth-order valence-electron chi connectivity index (χ4n) is 5.08. The molecule has 0 radical (unpaired) electrons. The number of anilines is 3. The molecule has 1 aliphatic rings. The molecule has 214 valence electrons. The maximum atomic E-state index is 14.0. The number of halogens is 4. The van der Waals surface area contributed by atoms with Crippen LogP contribution in [0.25, 0.3) is 11.3 Å². The monoisotopic (exact) mass is 564 g/mol. The molecule has 2 aromatic heterocycles. The smallest absolute Gasteiger partial charge is 0.353 e. The Morgan fingerprint density at radius 3 is 2.29 bits per heavy atom. The number of piperidine rings is 1. The van der Waals surface area contributed by atoms with Crippen LogP contribution in [-0.2, 0) is 12.7 Å². The van der Waals surface area contributed by atoms with Gasteiger partial charge in [-0.25, -0.2) is 14.4 Å². The fourth-order valence-corrected chi connectivity index (χ4v) is 5.08. The minimum atomic E-state index is -4.39. The van der Waals surface area contributed by atoms with E-state index in [0.29, 0.717) is 35.5 Å². The van der Waals surface area contributed by atoms with Crippen LogP contribution in [0.3, 0.4) is 0 Å². The summed E-state index contributed by atoms with van der Waals surface area (Å²) in [6.07, 6.45) is 1.83. The van der Waals surface area contributed by atoms with Crippen LogP contribution >= 0.6 is 0 Å². The Morgan fingerprint density at radius 1 is 0.951 bits per heavy atom. The Balaban J connectivity index is 1.39. The van der Waals surface area contributed by atoms with E-state index in [1.165, 1.54) is 18.3 Å². The number of hydrogen-bond acceptors (Lipinski definition) is 6. The van der Waals surface area contributed by atoms with Crippen molar-refractivity contribution in [3.05, 3.63) is 96.2 Å². The van der Waals surface area contributed by atoms with Gasteiger partial charge < -0.3 is 15.1 Å². The van der Waals surface area contributed by atoms with Crippen LogP contribution in [-0.4, -0.2) is 45.0 Å². The van der Waals surface area contributed by atoms with Crippen molar-refractivity contribution in [3.8, 4) is 11.3 Å². The normalized spacial score (nSPS) is 14.8. The minimum absolute atomic E-state index is 0.191. The van der Waals surface area contributed by atoms with Gasteiger partial charge >= 0.3 is 6.18 Å². The highest BCUT2D eigenvalue weighted by Gasteiger charge is 2.30. The minimum Gasteiger partial charge on any atom is -0.353 e. The molecule has 0 saturated carbocycles. The van der Waals surface area contributed by atoms with Crippen molar-refractivity contribution >= 4 is 17.3 Å². The lowest BCUT2D eigenvalue weighted by Gasteiger charge is -2.40. The number of nitrogens with zero attached hydrogens (tertiary/aromatic N) is 5. The number of rotatable bonds is 8. The zero-order valence-electron chi connectivity index (χ0n) is 22.9. The topological polar surface area (TPSA) is 57.2 Å². The van der Waals surface area contributed by atoms with E-state index in [0.717, 1.165) is 55.5 Å².